The van der Waals surface area contributed by atoms with E-state index < -0.39 is 0 Å². The number of aromatic nitrogens is 1. The third kappa shape index (κ3) is 3.53. The lowest BCUT2D eigenvalue weighted by Crippen LogP contribution is -2.28. The number of rotatable bonds is 3. The maximum absolute atomic E-state index is 13.6. The summed E-state index contributed by atoms with van der Waals surface area (Å²) in [6, 6.07) is 23.7. The fourth-order valence-corrected chi connectivity index (χ4v) is 5.29. The molecule has 7 heteroatoms. The molecular weight excluding hydrogens is 446 g/mol. The third-order valence-corrected chi connectivity index (χ3v) is 7.08. The van der Waals surface area contributed by atoms with Gasteiger partial charge >= 0.3 is 0 Å². The van der Waals surface area contributed by atoms with Crippen LogP contribution in [0.3, 0.4) is 0 Å². The summed E-state index contributed by atoms with van der Waals surface area (Å²) in [4.78, 5) is 20.1. The molecule has 3 heterocycles. The first-order chi connectivity index (χ1) is 16.7. The fourth-order valence-electron chi connectivity index (χ4n) is 4.48. The zero-order chi connectivity index (χ0) is 23.1. The maximum Gasteiger partial charge on any atom is 0.241 e. The second-order valence-electron chi connectivity index (χ2n) is 8.13. The summed E-state index contributed by atoms with van der Waals surface area (Å²) in [5, 5.41) is 11.1. The largest absolute Gasteiger partial charge is 0.454 e. The fraction of sp³-hybridized carbons (Fsp3) is 0.148. The van der Waals surface area contributed by atoms with Crippen LogP contribution in [0.2, 0.25) is 0 Å². The van der Waals surface area contributed by atoms with Gasteiger partial charge in [0.2, 0.25) is 12.7 Å². The number of aryl methyl sites for hydroxylation is 2. The van der Waals surface area contributed by atoms with Crippen molar-refractivity contribution in [3.8, 4) is 17.6 Å². The van der Waals surface area contributed by atoms with Gasteiger partial charge in [0.25, 0.3) is 0 Å². The molecule has 1 amide bonds. The van der Waals surface area contributed by atoms with Crippen LogP contribution in [-0.4, -0.2) is 23.4 Å². The van der Waals surface area contributed by atoms with E-state index in [0.717, 1.165) is 40.7 Å². The summed E-state index contributed by atoms with van der Waals surface area (Å²) >= 11 is 1.28. The van der Waals surface area contributed by atoms with Gasteiger partial charge in [0.1, 0.15) is 11.1 Å². The van der Waals surface area contributed by atoms with Crippen molar-refractivity contribution in [3.63, 3.8) is 0 Å². The number of carbonyl (C=O) groups excluding carboxylic acids is 1. The lowest BCUT2D eigenvalue weighted by atomic mass is 10.0. The Morgan fingerprint density at radius 1 is 0.971 bits per heavy atom. The molecule has 6 rings (SSSR count). The first-order valence-electron chi connectivity index (χ1n) is 11.0. The van der Waals surface area contributed by atoms with Crippen LogP contribution in [0.15, 0.2) is 71.8 Å². The van der Waals surface area contributed by atoms with Gasteiger partial charge in [0.05, 0.1) is 28.2 Å². The van der Waals surface area contributed by atoms with Gasteiger partial charge < -0.3 is 9.47 Å². The average molecular weight is 466 g/mol. The van der Waals surface area contributed by atoms with E-state index in [9.17, 15) is 10.1 Å². The topological polar surface area (TPSA) is 75.5 Å². The highest BCUT2D eigenvalue weighted by Gasteiger charge is 2.26. The zero-order valence-electron chi connectivity index (χ0n) is 18.2. The van der Waals surface area contributed by atoms with Crippen molar-refractivity contribution in [3.05, 3.63) is 83.4 Å². The molecule has 0 radical (unpaired) electrons. The Kier molecular flexibility index (Phi) is 5.08. The van der Waals surface area contributed by atoms with Crippen LogP contribution >= 0.6 is 11.8 Å². The van der Waals surface area contributed by atoms with Crippen molar-refractivity contribution >= 4 is 39.9 Å². The van der Waals surface area contributed by atoms with E-state index in [1.807, 2.05) is 53.4 Å². The maximum atomic E-state index is 13.6. The zero-order valence-corrected chi connectivity index (χ0v) is 19.0. The van der Waals surface area contributed by atoms with Gasteiger partial charge in [-0.15, -0.1) is 0 Å². The normalized spacial score (nSPS) is 13.7. The van der Waals surface area contributed by atoms with Crippen LogP contribution in [0.25, 0.3) is 10.9 Å². The summed E-state index contributed by atoms with van der Waals surface area (Å²) in [7, 11) is 0. The number of nitrogens with zero attached hydrogens (tertiary/aromatic N) is 3. The first kappa shape index (κ1) is 20.6. The smallest absolute Gasteiger partial charge is 0.241 e. The van der Waals surface area contributed by atoms with E-state index in [1.54, 1.807) is 6.07 Å². The number of hydrogen-bond donors (Lipinski definition) is 0. The van der Waals surface area contributed by atoms with Crippen LogP contribution in [0, 0.1) is 11.3 Å². The molecule has 0 N–H and O–H groups in total. The van der Waals surface area contributed by atoms with E-state index in [1.165, 1.54) is 11.8 Å². The number of anilines is 2. The minimum absolute atomic E-state index is 0.0525. The Balaban J connectivity index is 1.34. The number of fused-ring (bicyclic) bond motifs is 4. The lowest BCUT2D eigenvalue weighted by molar-refractivity contribution is -0.115. The number of carbonyl (C=O) groups is 1. The van der Waals surface area contributed by atoms with Gasteiger partial charge in [0.15, 0.2) is 11.5 Å². The van der Waals surface area contributed by atoms with E-state index >= 15 is 0 Å². The number of para-hydroxylation sites is 2. The predicted octanol–water partition coefficient (Wildman–Crippen LogP) is 5.39. The predicted molar refractivity (Wildman–Crippen MR) is 131 cm³/mol. The van der Waals surface area contributed by atoms with E-state index in [2.05, 4.69) is 23.2 Å². The molecule has 0 unspecified atom stereocenters. The SMILES string of the molecule is N#Cc1cc2cc3c(cc2nc1SCC(=O)N1c2ccccc2CCc2ccccc21)OCO3. The number of ether oxygens (including phenoxy) is 2. The Morgan fingerprint density at radius 2 is 1.62 bits per heavy atom. The Labute approximate surface area is 200 Å². The van der Waals surface area contributed by atoms with Crippen molar-refractivity contribution in [2.45, 2.75) is 17.9 Å². The molecular formula is C27H19N3O3S. The molecule has 0 fully saturated rings. The number of benzene rings is 3. The highest BCUT2D eigenvalue weighted by Crippen LogP contribution is 2.39. The molecule has 0 spiro atoms. The summed E-state index contributed by atoms with van der Waals surface area (Å²) in [6.07, 6.45) is 1.76. The molecule has 0 bridgehead atoms. The van der Waals surface area contributed by atoms with E-state index in [0.29, 0.717) is 27.6 Å². The van der Waals surface area contributed by atoms with Crippen LogP contribution < -0.4 is 14.4 Å². The number of amides is 1. The van der Waals surface area contributed by atoms with Gasteiger partial charge in [-0.25, -0.2) is 4.98 Å². The van der Waals surface area contributed by atoms with Gasteiger partial charge in [-0.3, -0.25) is 9.69 Å². The van der Waals surface area contributed by atoms with Gasteiger partial charge in [-0.2, -0.15) is 5.26 Å². The Hall–Kier alpha value is -4.02. The Morgan fingerprint density at radius 3 is 2.29 bits per heavy atom. The summed E-state index contributed by atoms with van der Waals surface area (Å²) < 4.78 is 10.9. The number of pyridine rings is 1. The lowest BCUT2D eigenvalue weighted by Gasteiger charge is -2.25. The van der Waals surface area contributed by atoms with Crippen molar-refractivity contribution in [1.29, 1.82) is 5.26 Å². The average Bonchev–Trinajstić information content (AvgIpc) is 3.25. The molecule has 2 aliphatic rings. The number of nitriles is 1. The minimum Gasteiger partial charge on any atom is -0.454 e. The van der Waals surface area contributed by atoms with Gasteiger partial charge in [0, 0.05) is 11.5 Å². The van der Waals surface area contributed by atoms with Gasteiger partial charge in [-0.05, 0) is 48.2 Å². The number of hydrogen-bond acceptors (Lipinski definition) is 6. The monoisotopic (exact) mass is 465 g/mol. The standard InChI is InChI=1S/C27H19N3O3S/c28-14-20-11-19-12-24-25(33-16-32-24)13-21(19)29-27(20)34-15-26(31)30-22-7-3-1-5-17(22)9-10-18-6-2-4-8-23(18)30/h1-8,11-13H,9-10,15-16H2. The van der Waals surface area contributed by atoms with E-state index in [-0.39, 0.29) is 18.5 Å². The second kappa shape index (κ2) is 8.40. The van der Waals surface area contributed by atoms with Crippen LogP contribution in [-0.2, 0) is 17.6 Å². The summed E-state index contributed by atoms with van der Waals surface area (Å²) in [5.74, 6) is 1.38. The molecule has 6 nitrogen and oxygen atoms in total. The Bertz CT molecular complexity index is 1450. The second-order valence-corrected chi connectivity index (χ2v) is 9.09. The van der Waals surface area contributed by atoms with Crippen LogP contribution in [0.1, 0.15) is 16.7 Å². The minimum atomic E-state index is -0.0525. The summed E-state index contributed by atoms with van der Waals surface area (Å²) in [6.45, 7) is 0.172. The van der Waals surface area contributed by atoms with E-state index in [4.69, 9.17) is 9.47 Å². The van der Waals surface area contributed by atoms with Crippen LogP contribution in [0.4, 0.5) is 11.4 Å². The number of thioether (sulfide) groups is 1. The third-order valence-electron chi connectivity index (χ3n) is 6.11. The van der Waals surface area contributed by atoms with Crippen molar-refractivity contribution in [2.75, 3.05) is 17.4 Å². The summed E-state index contributed by atoms with van der Waals surface area (Å²) in [5.41, 5.74) is 5.25. The molecule has 0 atom stereocenters. The molecule has 34 heavy (non-hydrogen) atoms. The first-order valence-corrected chi connectivity index (χ1v) is 12.0. The highest BCUT2D eigenvalue weighted by molar-refractivity contribution is 8.00. The molecule has 1 aromatic heterocycles. The molecule has 2 aliphatic heterocycles. The highest BCUT2D eigenvalue weighted by atomic mass is 32.2. The van der Waals surface area contributed by atoms with Gasteiger partial charge in [-0.1, -0.05) is 48.2 Å². The van der Waals surface area contributed by atoms with Crippen LogP contribution in [0.5, 0.6) is 11.5 Å². The molecule has 166 valence electrons. The van der Waals surface area contributed by atoms with Crippen molar-refractivity contribution in [1.82, 2.24) is 4.98 Å². The molecule has 0 saturated carbocycles. The molecule has 0 saturated heterocycles. The van der Waals surface area contributed by atoms with Crippen molar-refractivity contribution < 1.29 is 14.3 Å². The molecule has 3 aromatic carbocycles. The molecule has 4 aromatic rings. The quantitative estimate of drug-likeness (QED) is 0.378. The molecule has 0 aliphatic carbocycles. The van der Waals surface area contributed by atoms with Crippen molar-refractivity contribution in [2.24, 2.45) is 0 Å².